The van der Waals surface area contributed by atoms with E-state index in [1.807, 2.05) is 31.3 Å². The van der Waals surface area contributed by atoms with Crippen LogP contribution in [0.2, 0.25) is 0 Å². The van der Waals surface area contributed by atoms with Gasteiger partial charge in [-0.2, -0.15) is 0 Å². The molecule has 1 aliphatic rings. The summed E-state index contributed by atoms with van der Waals surface area (Å²) in [5.41, 5.74) is 1.45. The smallest absolute Gasteiger partial charge is 0.193 e. The lowest BCUT2D eigenvalue weighted by molar-refractivity contribution is 0.153. The Balaban J connectivity index is 1.77. The summed E-state index contributed by atoms with van der Waals surface area (Å²) < 4.78 is 16.3. The molecule has 0 aromatic heterocycles. The van der Waals surface area contributed by atoms with E-state index in [4.69, 9.17) is 19.2 Å². The van der Waals surface area contributed by atoms with Crippen molar-refractivity contribution in [2.24, 2.45) is 4.99 Å². The van der Waals surface area contributed by atoms with E-state index in [0.29, 0.717) is 6.61 Å². The highest BCUT2D eigenvalue weighted by Crippen LogP contribution is 2.16. The van der Waals surface area contributed by atoms with E-state index in [1.54, 1.807) is 7.11 Å². The van der Waals surface area contributed by atoms with Crippen molar-refractivity contribution in [3.8, 4) is 11.5 Å². The van der Waals surface area contributed by atoms with Crippen LogP contribution in [-0.4, -0.2) is 64.5 Å². The van der Waals surface area contributed by atoms with Gasteiger partial charge in [0.25, 0.3) is 0 Å². The first-order chi connectivity index (χ1) is 12.7. The standard InChI is InChI=1S/C20H31N3O3/c1-4-21-20(22-12-9-17-10-14-25-15-11-17)23(2)13-16-26-19-7-5-18(24-3)6-8-19/h5-8,10H,4,9,11-16H2,1-3H3,(H,21,22). The Bertz CT molecular complexity index is 584. The van der Waals surface area contributed by atoms with Gasteiger partial charge < -0.3 is 24.4 Å². The maximum atomic E-state index is 5.80. The van der Waals surface area contributed by atoms with E-state index in [0.717, 1.165) is 63.1 Å². The Morgan fingerprint density at radius 2 is 2.04 bits per heavy atom. The molecular formula is C20H31N3O3. The first-order valence-electron chi connectivity index (χ1n) is 9.25. The highest BCUT2D eigenvalue weighted by atomic mass is 16.5. The van der Waals surface area contributed by atoms with Crippen LogP contribution in [0.15, 0.2) is 40.9 Å². The van der Waals surface area contributed by atoms with Crippen molar-refractivity contribution < 1.29 is 14.2 Å². The van der Waals surface area contributed by atoms with Crippen molar-refractivity contribution in [2.75, 3.05) is 53.6 Å². The number of aliphatic imine (C=N–C) groups is 1. The predicted octanol–water partition coefficient (Wildman–Crippen LogP) is 2.71. The van der Waals surface area contributed by atoms with E-state index in [1.165, 1.54) is 5.57 Å². The SMILES string of the molecule is CCNC(=NCCC1=CCOCC1)N(C)CCOc1ccc(OC)cc1. The Kier molecular flexibility index (Phi) is 8.83. The van der Waals surface area contributed by atoms with Crippen LogP contribution in [0.5, 0.6) is 11.5 Å². The van der Waals surface area contributed by atoms with E-state index < -0.39 is 0 Å². The number of guanidine groups is 1. The van der Waals surface area contributed by atoms with Crippen molar-refractivity contribution in [1.29, 1.82) is 0 Å². The fourth-order valence-corrected chi connectivity index (χ4v) is 2.65. The zero-order chi connectivity index (χ0) is 18.6. The second-order valence-electron chi connectivity index (χ2n) is 6.12. The van der Waals surface area contributed by atoms with Crippen LogP contribution in [0.3, 0.4) is 0 Å². The highest BCUT2D eigenvalue weighted by molar-refractivity contribution is 5.79. The van der Waals surface area contributed by atoms with Crippen LogP contribution < -0.4 is 14.8 Å². The molecule has 1 aromatic carbocycles. The van der Waals surface area contributed by atoms with Gasteiger partial charge >= 0.3 is 0 Å². The number of hydrogen-bond acceptors (Lipinski definition) is 4. The summed E-state index contributed by atoms with van der Waals surface area (Å²) in [5, 5.41) is 3.34. The van der Waals surface area contributed by atoms with Gasteiger partial charge in [0.05, 0.1) is 26.9 Å². The molecule has 26 heavy (non-hydrogen) atoms. The molecule has 0 saturated carbocycles. The Hall–Kier alpha value is -2.21. The van der Waals surface area contributed by atoms with Gasteiger partial charge in [-0.3, -0.25) is 4.99 Å². The molecule has 0 atom stereocenters. The van der Waals surface area contributed by atoms with Crippen molar-refractivity contribution in [3.63, 3.8) is 0 Å². The number of rotatable bonds is 9. The highest BCUT2D eigenvalue weighted by Gasteiger charge is 2.07. The molecule has 0 bridgehead atoms. The average molecular weight is 361 g/mol. The lowest BCUT2D eigenvalue weighted by Gasteiger charge is -2.22. The molecule has 6 nitrogen and oxygen atoms in total. The largest absolute Gasteiger partial charge is 0.497 e. The summed E-state index contributed by atoms with van der Waals surface area (Å²) in [6.45, 7) is 6.64. The van der Waals surface area contributed by atoms with Crippen molar-refractivity contribution in [3.05, 3.63) is 35.9 Å². The van der Waals surface area contributed by atoms with E-state index in [-0.39, 0.29) is 0 Å². The fraction of sp³-hybridized carbons (Fsp3) is 0.550. The average Bonchev–Trinajstić information content (AvgIpc) is 2.68. The maximum Gasteiger partial charge on any atom is 0.193 e. The molecule has 0 amide bonds. The number of benzene rings is 1. The number of nitrogens with zero attached hydrogens (tertiary/aromatic N) is 2. The third kappa shape index (κ3) is 6.96. The quantitative estimate of drug-likeness (QED) is 0.416. The van der Waals surface area contributed by atoms with Gasteiger partial charge in [-0.05, 0) is 44.0 Å². The first kappa shape index (κ1) is 20.1. The Labute approximate surface area is 156 Å². The van der Waals surface area contributed by atoms with Gasteiger partial charge in [-0.25, -0.2) is 0 Å². The Morgan fingerprint density at radius 1 is 1.27 bits per heavy atom. The predicted molar refractivity (Wildman–Crippen MR) is 105 cm³/mol. The molecule has 0 fully saturated rings. The van der Waals surface area contributed by atoms with Crippen LogP contribution in [-0.2, 0) is 4.74 Å². The molecule has 0 saturated heterocycles. The topological polar surface area (TPSA) is 55.3 Å². The third-order valence-corrected chi connectivity index (χ3v) is 4.20. The van der Waals surface area contributed by atoms with Crippen molar-refractivity contribution in [1.82, 2.24) is 10.2 Å². The molecule has 0 unspecified atom stereocenters. The number of methoxy groups -OCH3 is 1. The van der Waals surface area contributed by atoms with E-state index in [2.05, 4.69) is 23.2 Å². The second kappa shape index (κ2) is 11.4. The second-order valence-corrected chi connectivity index (χ2v) is 6.12. The third-order valence-electron chi connectivity index (χ3n) is 4.20. The zero-order valence-electron chi connectivity index (χ0n) is 16.2. The monoisotopic (exact) mass is 361 g/mol. The van der Waals surface area contributed by atoms with Crippen LogP contribution in [0.1, 0.15) is 19.8 Å². The first-order valence-corrected chi connectivity index (χ1v) is 9.25. The van der Waals surface area contributed by atoms with Crippen molar-refractivity contribution in [2.45, 2.75) is 19.8 Å². The van der Waals surface area contributed by atoms with E-state index in [9.17, 15) is 0 Å². The van der Waals surface area contributed by atoms with Gasteiger partial charge in [0.1, 0.15) is 18.1 Å². The number of likely N-dealkylation sites (N-methyl/N-ethyl adjacent to an activating group) is 1. The molecule has 1 aromatic rings. The summed E-state index contributed by atoms with van der Waals surface area (Å²) >= 11 is 0. The summed E-state index contributed by atoms with van der Waals surface area (Å²) in [6, 6.07) is 7.63. The lowest BCUT2D eigenvalue weighted by atomic mass is 10.1. The minimum Gasteiger partial charge on any atom is -0.497 e. The van der Waals surface area contributed by atoms with Crippen LogP contribution >= 0.6 is 0 Å². The van der Waals surface area contributed by atoms with Crippen LogP contribution in [0.25, 0.3) is 0 Å². The normalized spacial score (nSPS) is 14.6. The van der Waals surface area contributed by atoms with Crippen LogP contribution in [0, 0.1) is 0 Å². The molecule has 1 N–H and O–H groups in total. The summed E-state index contributed by atoms with van der Waals surface area (Å²) in [4.78, 5) is 6.84. The molecule has 0 spiro atoms. The Morgan fingerprint density at radius 3 is 2.69 bits per heavy atom. The summed E-state index contributed by atoms with van der Waals surface area (Å²) in [5.74, 6) is 2.58. The minimum absolute atomic E-state index is 0.593. The van der Waals surface area contributed by atoms with Gasteiger partial charge in [0, 0.05) is 20.1 Å². The minimum atomic E-state index is 0.593. The number of nitrogens with one attached hydrogen (secondary N) is 1. The van der Waals surface area contributed by atoms with Gasteiger partial charge in [-0.1, -0.05) is 11.6 Å². The van der Waals surface area contributed by atoms with Gasteiger partial charge in [-0.15, -0.1) is 0 Å². The molecule has 1 heterocycles. The van der Waals surface area contributed by atoms with Crippen molar-refractivity contribution >= 4 is 5.96 Å². The van der Waals surface area contributed by atoms with Gasteiger partial charge in [0.2, 0.25) is 0 Å². The number of hydrogen-bond donors (Lipinski definition) is 1. The molecular weight excluding hydrogens is 330 g/mol. The molecule has 1 aliphatic heterocycles. The lowest BCUT2D eigenvalue weighted by Crippen LogP contribution is -2.41. The fourth-order valence-electron chi connectivity index (χ4n) is 2.65. The van der Waals surface area contributed by atoms with Crippen LogP contribution in [0.4, 0.5) is 0 Å². The molecule has 144 valence electrons. The summed E-state index contributed by atoms with van der Waals surface area (Å²) in [6.07, 6.45) is 4.20. The molecule has 6 heteroatoms. The molecule has 0 aliphatic carbocycles. The van der Waals surface area contributed by atoms with Gasteiger partial charge in [0.15, 0.2) is 5.96 Å². The number of ether oxygens (including phenoxy) is 3. The molecule has 0 radical (unpaired) electrons. The molecule has 2 rings (SSSR count). The maximum absolute atomic E-state index is 5.80. The zero-order valence-corrected chi connectivity index (χ0v) is 16.2. The van der Waals surface area contributed by atoms with E-state index >= 15 is 0 Å². The summed E-state index contributed by atoms with van der Waals surface area (Å²) in [7, 11) is 3.69.